The van der Waals surface area contributed by atoms with Gasteiger partial charge < -0.3 is 5.32 Å². The lowest BCUT2D eigenvalue weighted by molar-refractivity contribution is 0.627. The van der Waals surface area contributed by atoms with Gasteiger partial charge in [-0.05, 0) is 39.7 Å². The van der Waals surface area contributed by atoms with Crippen molar-refractivity contribution in [1.82, 2.24) is 4.98 Å². The van der Waals surface area contributed by atoms with E-state index in [9.17, 15) is 4.39 Å². The Morgan fingerprint density at radius 3 is 2.62 bits per heavy atom. The van der Waals surface area contributed by atoms with Crippen LogP contribution in [0.4, 0.5) is 10.1 Å². The van der Waals surface area contributed by atoms with Gasteiger partial charge >= 0.3 is 0 Å². The van der Waals surface area contributed by atoms with E-state index in [0.29, 0.717) is 6.54 Å². The third-order valence-corrected chi connectivity index (χ3v) is 2.80. The molecule has 0 aliphatic rings. The number of nitrogens with one attached hydrogen (secondary N) is 1. The summed E-state index contributed by atoms with van der Waals surface area (Å²) < 4.78 is 13.6. The van der Waals surface area contributed by atoms with E-state index in [1.165, 1.54) is 12.1 Å². The normalized spacial score (nSPS) is 10.1. The maximum Gasteiger partial charge on any atom is 0.123 e. The highest BCUT2D eigenvalue weighted by Crippen LogP contribution is 2.20. The molecule has 1 aromatic carbocycles. The smallest absolute Gasteiger partial charge is 0.123 e. The predicted molar refractivity (Wildman–Crippen MR) is 65.7 cm³/mol. The van der Waals surface area contributed by atoms with Gasteiger partial charge in [0, 0.05) is 18.9 Å². The zero-order valence-corrected chi connectivity index (χ0v) is 10.0. The van der Waals surface area contributed by atoms with Crippen molar-refractivity contribution in [3.63, 3.8) is 0 Å². The minimum Gasteiger partial charge on any atom is -0.380 e. The SMILES string of the molecule is Fc1ccc(CNc2ccncc2Br)cc1. The van der Waals surface area contributed by atoms with Gasteiger partial charge in [0.15, 0.2) is 0 Å². The molecule has 0 radical (unpaired) electrons. The number of pyridine rings is 1. The fourth-order valence-corrected chi connectivity index (χ4v) is 1.71. The lowest BCUT2D eigenvalue weighted by Crippen LogP contribution is -2.00. The Bertz CT molecular complexity index is 471. The number of rotatable bonds is 3. The van der Waals surface area contributed by atoms with Crippen molar-refractivity contribution >= 4 is 21.6 Å². The van der Waals surface area contributed by atoms with Gasteiger partial charge in [-0.1, -0.05) is 12.1 Å². The molecule has 2 aromatic rings. The molecule has 0 fully saturated rings. The van der Waals surface area contributed by atoms with Crippen LogP contribution >= 0.6 is 15.9 Å². The molecular formula is C12H10BrFN2. The van der Waals surface area contributed by atoms with Crippen LogP contribution in [0.5, 0.6) is 0 Å². The lowest BCUT2D eigenvalue weighted by Gasteiger charge is -2.07. The fourth-order valence-electron chi connectivity index (χ4n) is 1.32. The van der Waals surface area contributed by atoms with Gasteiger partial charge in [-0.15, -0.1) is 0 Å². The molecule has 0 spiro atoms. The topological polar surface area (TPSA) is 24.9 Å². The number of hydrogen-bond acceptors (Lipinski definition) is 2. The molecule has 0 saturated carbocycles. The zero-order chi connectivity index (χ0) is 11.4. The molecule has 0 bridgehead atoms. The van der Waals surface area contributed by atoms with Gasteiger partial charge in [0.2, 0.25) is 0 Å². The highest BCUT2D eigenvalue weighted by molar-refractivity contribution is 9.10. The second-order valence-electron chi connectivity index (χ2n) is 3.34. The summed E-state index contributed by atoms with van der Waals surface area (Å²) in [5.41, 5.74) is 2.00. The summed E-state index contributed by atoms with van der Waals surface area (Å²) in [7, 11) is 0. The van der Waals surface area contributed by atoms with Crippen molar-refractivity contribution in [2.75, 3.05) is 5.32 Å². The number of hydrogen-bond donors (Lipinski definition) is 1. The van der Waals surface area contributed by atoms with Crippen LogP contribution in [0.25, 0.3) is 0 Å². The summed E-state index contributed by atoms with van der Waals surface area (Å²) in [6, 6.07) is 8.32. The maximum absolute atomic E-state index is 12.7. The molecule has 2 rings (SSSR count). The van der Waals surface area contributed by atoms with Crippen molar-refractivity contribution in [2.24, 2.45) is 0 Å². The molecule has 1 heterocycles. The molecule has 4 heteroatoms. The summed E-state index contributed by atoms with van der Waals surface area (Å²) in [5.74, 6) is -0.214. The van der Waals surface area contributed by atoms with E-state index in [1.807, 2.05) is 6.07 Å². The first-order valence-electron chi connectivity index (χ1n) is 4.83. The second-order valence-corrected chi connectivity index (χ2v) is 4.19. The Morgan fingerprint density at radius 2 is 1.94 bits per heavy atom. The number of nitrogens with zero attached hydrogens (tertiary/aromatic N) is 1. The number of aromatic nitrogens is 1. The number of anilines is 1. The van der Waals surface area contributed by atoms with Crippen LogP contribution < -0.4 is 5.32 Å². The highest BCUT2D eigenvalue weighted by atomic mass is 79.9. The Kier molecular flexibility index (Phi) is 3.51. The van der Waals surface area contributed by atoms with E-state index >= 15 is 0 Å². The van der Waals surface area contributed by atoms with Crippen LogP contribution in [0.15, 0.2) is 47.2 Å². The van der Waals surface area contributed by atoms with E-state index in [1.54, 1.807) is 24.5 Å². The van der Waals surface area contributed by atoms with Gasteiger partial charge in [0.25, 0.3) is 0 Å². The van der Waals surface area contributed by atoms with Crippen molar-refractivity contribution in [1.29, 1.82) is 0 Å². The van der Waals surface area contributed by atoms with Gasteiger partial charge in [-0.2, -0.15) is 0 Å². The Balaban J connectivity index is 2.02. The molecule has 0 amide bonds. The number of benzene rings is 1. The van der Waals surface area contributed by atoms with E-state index in [2.05, 4.69) is 26.2 Å². The third-order valence-electron chi connectivity index (χ3n) is 2.17. The molecule has 1 aromatic heterocycles. The molecule has 1 N–H and O–H groups in total. The Labute approximate surface area is 102 Å². The predicted octanol–water partition coefficient (Wildman–Crippen LogP) is 3.60. The van der Waals surface area contributed by atoms with Crippen molar-refractivity contribution in [3.05, 3.63) is 58.6 Å². The fraction of sp³-hybridized carbons (Fsp3) is 0.0833. The molecular weight excluding hydrogens is 271 g/mol. The number of halogens is 2. The quantitative estimate of drug-likeness (QED) is 0.929. The van der Waals surface area contributed by atoms with Crippen molar-refractivity contribution in [2.45, 2.75) is 6.54 Å². The Hall–Kier alpha value is -1.42. The average molecular weight is 281 g/mol. The minimum absolute atomic E-state index is 0.214. The minimum atomic E-state index is -0.214. The largest absolute Gasteiger partial charge is 0.380 e. The van der Waals surface area contributed by atoms with Crippen molar-refractivity contribution < 1.29 is 4.39 Å². The van der Waals surface area contributed by atoms with Gasteiger partial charge in [-0.3, -0.25) is 4.98 Å². The molecule has 16 heavy (non-hydrogen) atoms. The standard InChI is InChI=1S/C12H10BrFN2/c13-11-8-15-6-5-12(11)16-7-9-1-3-10(14)4-2-9/h1-6,8H,7H2,(H,15,16). The maximum atomic E-state index is 12.7. The monoisotopic (exact) mass is 280 g/mol. The summed E-state index contributed by atoms with van der Waals surface area (Å²) in [6.45, 7) is 0.656. The molecule has 82 valence electrons. The molecule has 2 nitrogen and oxygen atoms in total. The molecule has 0 atom stereocenters. The second kappa shape index (κ2) is 5.07. The first kappa shape index (κ1) is 11.1. The van der Waals surface area contributed by atoms with E-state index in [-0.39, 0.29) is 5.82 Å². The zero-order valence-electron chi connectivity index (χ0n) is 8.45. The van der Waals surface area contributed by atoms with E-state index < -0.39 is 0 Å². The molecule has 0 unspecified atom stereocenters. The van der Waals surface area contributed by atoms with Crippen LogP contribution in [0.3, 0.4) is 0 Å². The van der Waals surface area contributed by atoms with E-state index in [0.717, 1.165) is 15.7 Å². The van der Waals surface area contributed by atoms with Gasteiger partial charge in [-0.25, -0.2) is 4.39 Å². The Morgan fingerprint density at radius 1 is 1.19 bits per heavy atom. The summed E-state index contributed by atoms with van der Waals surface area (Å²) >= 11 is 3.40. The first-order valence-corrected chi connectivity index (χ1v) is 5.63. The van der Waals surface area contributed by atoms with Crippen LogP contribution in [-0.4, -0.2) is 4.98 Å². The molecule has 0 aliphatic carbocycles. The van der Waals surface area contributed by atoms with Gasteiger partial charge in [0.05, 0.1) is 10.2 Å². The summed E-state index contributed by atoms with van der Waals surface area (Å²) in [4.78, 5) is 3.98. The summed E-state index contributed by atoms with van der Waals surface area (Å²) in [6.07, 6.45) is 3.45. The van der Waals surface area contributed by atoms with Crippen molar-refractivity contribution in [3.8, 4) is 0 Å². The first-order chi connectivity index (χ1) is 7.75. The molecule has 0 saturated heterocycles. The third kappa shape index (κ3) is 2.79. The van der Waals surface area contributed by atoms with E-state index in [4.69, 9.17) is 0 Å². The molecule has 0 aliphatic heterocycles. The highest BCUT2D eigenvalue weighted by Gasteiger charge is 1.98. The van der Waals surface area contributed by atoms with Gasteiger partial charge in [0.1, 0.15) is 5.82 Å². The van der Waals surface area contributed by atoms with Crippen LogP contribution in [0.1, 0.15) is 5.56 Å². The lowest BCUT2D eigenvalue weighted by atomic mass is 10.2. The van der Waals surface area contributed by atoms with Crippen LogP contribution in [-0.2, 0) is 6.54 Å². The van der Waals surface area contributed by atoms with Crippen LogP contribution in [0, 0.1) is 5.82 Å². The average Bonchev–Trinajstić information content (AvgIpc) is 2.30. The van der Waals surface area contributed by atoms with Crippen LogP contribution in [0.2, 0.25) is 0 Å². The summed E-state index contributed by atoms with van der Waals surface area (Å²) in [5, 5.41) is 3.24.